The molecule has 0 unspecified atom stereocenters. The molecule has 2 heteroatoms. The molecule has 0 amide bonds. The van der Waals surface area contributed by atoms with Crippen LogP contribution in [0.3, 0.4) is 0 Å². The van der Waals surface area contributed by atoms with Crippen LogP contribution in [0.4, 0.5) is 0 Å². The lowest BCUT2D eigenvalue weighted by atomic mass is 10.1. The Bertz CT molecular complexity index is 813. The van der Waals surface area contributed by atoms with E-state index in [0.717, 1.165) is 41.3 Å². The summed E-state index contributed by atoms with van der Waals surface area (Å²) in [5.74, 6) is 0.920. The monoisotopic (exact) mass is 359 g/mol. The average molecular weight is 360 g/mol. The summed E-state index contributed by atoms with van der Waals surface area (Å²) in [6.07, 6.45) is 7.62. The minimum atomic E-state index is 0.765. The largest absolute Gasteiger partial charge is 0.493 e. The summed E-state index contributed by atoms with van der Waals surface area (Å²) >= 11 is 0. The highest BCUT2D eigenvalue weighted by molar-refractivity contribution is 5.70. The lowest BCUT2D eigenvalue weighted by molar-refractivity contribution is 0.305. The molecule has 0 aliphatic heterocycles. The van der Waals surface area contributed by atoms with Gasteiger partial charge in [-0.2, -0.15) is 0 Å². The van der Waals surface area contributed by atoms with Gasteiger partial charge in [-0.15, -0.1) is 0 Å². The lowest BCUT2D eigenvalue weighted by Crippen LogP contribution is -1.99. The number of benzene rings is 2. The summed E-state index contributed by atoms with van der Waals surface area (Å²) in [6, 6.07) is 24.7. The summed E-state index contributed by atoms with van der Waals surface area (Å²) in [5, 5.41) is 0. The van der Waals surface area contributed by atoms with Crippen molar-refractivity contribution in [3.05, 3.63) is 72.8 Å². The van der Waals surface area contributed by atoms with Crippen LogP contribution in [-0.4, -0.2) is 11.6 Å². The topological polar surface area (TPSA) is 22.1 Å². The quantitative estimate of drug-likeness (QED) is 0.358. The van der Waals surface area contributed by atoms with Crippen molar-refractivity contribution in [1.82, 2.24) is 4.98 Å². The van der Waals surface area contributed by atoms with Gasteiger partial charge in [0, 0.05) is 11.1 Å². The first-order chi connectivity index (χ1) is 13.4. The Morgan fingerprint density at radius 2 is 1.37 bits per heavy atom. The van der Waals surface area contributed by atoms with Crippen molar-refractivity contribution in [2.45, 2.75) is 45.4 Å². The SMILES string of the molecule is CCCCCCCCOc1ccccc1-c1cccc(-c2ccccc2)n1. The van der Waals surface area contributed by atoms with Gasteiger partial charge in [0.15, 0.2) is 0 Å². The van der Waals surface area contributed by atoms with E-state index >= 15 is 0 Å². The first kappa shape index (κ1) is 19.2. The van der Waals surface area contributed by atoms with Crippen molar-refractivity contribution in [3.63, 3.8) is 0 Å². The molecule has 3 aromatic rings. The van der Waals surface area contributed by atoms with E-state index in [1.54, 1.807) is 0 Å². The molecule has 0 saturated heterocycles. The van der Waals surface area contributed by atoms with E-state index in [2.05, 4.69) is 43.3 Å². The second-order valence-corrected chi connectivity index (χ2v) is 6.89. The fraction of sp³-hybridized carbons (Fsp3) is 0.320. The summed E-state index contributed by atoms with van der Waals surface area (Å²) in [4.78, 5) is 4.87. The molecule has 0 aliphatic carbocycles. The third-order valence-corrected chi connectivity index (χ3v) is 4.74. The Morgan fingerprint density at radius 1 is 0.667 bits per heavy atom. The van der Waals surface area contributed by atoms with Crippen molar-refractivity contribution in [2.75, 3.05) is 6.61 Å². The van der Waals surface area contributed by atoms with Gasteiger partial charge in [0.1, 0.15) is 5.75 Å². The maximum Gasteiger partial charge on any atom is 0.128 e. The number of hydrogen-bond acceptors (Lipinski definition) is 2. The van der Waals surface area contributed by atoms with Crippen LogP contribution in [0.25, 0.3) is 22.5 Å². The fourth-order valence-electron chi connectivity index (χ4n) is 3.22. The van der Waals surface area contributed by atoms with E-state index in [4.69, 9.17) is 9.72 Å². The van der Waals surface area contributed by atoms with E-state index in [0.29, 0.717) is 0 Å². The average Bonchev–Trinajstić information content (AvgIpc) is 2.74. The van der Waals surface area contributed by atoms with Crippen LogP contribution >= 0.6 is 0 Å². The molecule has 2 nitrogen and oxygen atoms in total. The second-order valence-electron chi connectivity index (χ2n) is 6.89. The van der Waals surface area contributed by atoms with Crippen molar-refractivity contribution < 1.29 is 4.74 Å². The first-order valence-electron chi connectivity index (χ1n) is 10.1. The summed E-state index contributed by atoms with van der Waals surface area (Å²) < 4.78 is 6.10. The molecule has 0 atom stereocenters. The molecule has 27 heavy (non-hydrogen) atoms. The highest BCUT2D eigenvalue weighted by Gasteiger charge is 2.08. The smallest absolute Gasteiger partial charge is 0.128 e. The molecule has 0 N–H and O–H groups in total. The Morgan fingerprint density at radius 3 is 2.22 bits per heavy atom. The van der Waals surface area contributed by atoms with Crippen LogP contribution in [0.15, 0.2) is 72.8 Å². The van der Waals surface area contributed by atoms with Gasteiger partial charge in [-0.3, -0.25) is 0 Å². The van der Waals surface area contributed by atoms with Crippen LogP contribution in [-0.2, 0) is 0 Å². The van der Waals surface area contributed by atoms with E-state index in [9.17, 15) is 0 Å². The standard InChI is InChI=1S/C25H29NO/c1-2-3-4-5-6-12-20-27-25-19-11-10-16-22(25)24-18-13-17-23(26-24)21-14-8-7-9-15-21/h7-11,13-19H,2-6,12,20H2,1H3. The lowest BCUT2D eigenvalue weighted by Gasteiger charge is -2.12. The second kappa shape index (κ2) is 10.5. The fourth-order valence-corrected chi connectivity index (χ4v) is 3.22. The van der Waals surface area contributed by atoms with Gasteiger partial charge in [0.05, 0.1) is 18.0 Å². The number of rotatable bonds is 10. The summed E-state index contributed by atoms with van der Waals surface area (Å²) in [5.41, 5.74) is 4.12. The van der Waals surface area contributed by atoms with Crippen LogP contribution in [0.5, 0.6) is 5.75 Å². The van der Waals surface area contributed by atoms with Crippen LogP contribution in [0.1, 0.15) is 45.4 Å². The number of para-hydroxylation sites is 1. The maximum atomic E-state index is 6.10. The highest BCUT2D eigenvalue weighted by atomic mass is 16.5. The Hall–Kier alpha value is -2.61. The molecular weight excluding hydrogens is 330 g/mol. The van der Waals surface area contributed by atoms with Crippen molar-refractivity contribution in [1.29, 1.82) is 0 Å². The molecule has 0 fully saturated rings. The number of hydrogen-bond donors (Lipinski definition) is 0. The van der Waals surface area contributed by atoms with E-state index in [-0.39, 0.29) is 0 Å². The van der Waals surface area contributed by atoms with Gasteiger partial charge >= 0.3 is 0 Å². The predicted octanol–water partition coefficient (Wildman–Crippen LogP) is 7.15. The van der Waals surface area contributed by atoms with Crippen molar-refractivity contribution in [2.24, 2.45) is 0 Å². The van der Waals surface area contributed by atoms with Gasteiger partial charge in [-0.05, 0) is 30.7 Å². The predicted molar refractivity (Wildman–Crippen MR) is 114 cm³/mol. The van der Waals surface area contributed by atoms with E-state index < -0.39 is 0 Å². The Balaban J connectivity index is 1.67. The summed E-state index contributed by atoms with van der Waals surface area (Å²) in [7, 11) is 0. The molecule has 3 rings (SSSR count). The molecule has 1 aromatic heterocycles. The van der Waals surface area contributed by atoms with Gasteiger partial charge < -0.3 is 4.74 Å². The molecule has 0 saturated carbocycles. The van der Waals surface area contributed by atoms with Crippen molar-refractivity contribution in [3.8, 4) is 28.3 Å². The number of pyridine rings is 1. The van der Waals surface area contributed by atoms with Crippen LogP contribution < -0.4 is 4.74 Å². The van der Waals surface area contributed by atoms with Gasteiger partial charge in [0.25, 0.3) is 0 Å². The van der Waals surface area contributed by atoms with Crippen LogP contribution in [0, 0.1) is 0 Å². The van der Waals surface area contributed by atoms with Crippen molar-refractivity contribution >= 4 is 0 Å². The van der Waals surface area contributed by atoms with E-state index in [1.165, 1.54) is 32.1 Å². The Labute approximate surface area is 163 Å². The zero-order chi connectivity index (χ0) is 18.7. The number of nitrogens with zero attached hydrogens (tertiary/aromatic N) is 1. The molecule has 1 heterocycles. The third-order valence-electron chi connectivity index (χ3n) is 4.74. The zero-order valence-corrected chi connectivity index (χ0v) is 16.2. The molecule has 0 spiro atoms. The highest BCUT2D eigenvalue weighted by Crippen LogP contribution is 2.30. The zero-order valence-electron chi connectivity index (χ0n) is 16.2. The maximum absolute atomic E-state index is 6.10. The Kier molecular flexibility index (Phi) is 7.46. The molecule has 2 aromatic carbocycles. The molecule has 140 valence electrons. The number of unbranched alkanes of at least 4 members (excludes halogenated alkanes) is 5. The van der Waals surface area contributed by atoms with Gasteiger partial charge in [-0.25, -0.2) is 4.98 Å². The summed E-state index contributed by atoms with van der Waals surface area (Å²) in [6.45, 7) is 3.02. The minimum Gasteiger partial charge on any atom is -0.493 e. The normalized spacial score (nSPS) is 10.7. The van der Waals surface area contributed by atoms with E-state index in [1.807, 2.05) is 36.4 Å². The molecule has 0 radical (unpaired) electrons. The third kappa shape index (κ3) is 5.68. The number of aromatic nitrogens is 1. The first-order valence-corrected chi connectivity index (χ1v) is 10.1. The van der Waals surface area contributed by atoms with Crippen LogP contribution in [0.2, 0.25) is 0 Å². The molecule has 0 bridgehead atoms. The van der Waals surface area contributed by atoms with Gasteiger partial charge in [0.2, 0.25) is 0 Å². The van der Waals surface area contributed by atoms with Gasteiger partial charge in [-0.1, -0.05) is 87.6 Å². The molecular formula is C25H29NO. The molecule has 0 aliphatic rings. The number of ether oxygens (including phenoxy) is 1. The minimum absolute atomic E-state index is 0.765.